The van der Waals surface area contributed by atoms with Crippen molar-refractivity contribution in [2.24, 2.45) is 0 Å². The van der Waals surface area contributed by atoms with Crippen LogP contribution in [0.1, 0.15) is 29.7 Å². The smallest absolute Gasteiger partial charge is 0.122 e. The first-order valence-electron chi connectivity index (χ1n) is 7.50. The van der Waals surface area contributed by atoms with E-state index in [-0.39, 0.29) is 0 Å². The maximum Gasteiger partial charge on any atom is 0.122 e. The number of nitrogens with one attached hydrogen (secondary N) is 1. The number of benzene rings is 2. The van der Waals surface area contributed by atoms with Crippen LogP contribution in [-0.4, -0.2) is 13.2 Å². The van der Waals surface area contributed by atoms with Crippen LogP contribution in [0.5, 0.6) is 5.75 Å². The van der Waals surface area contributed by atoms with Crippen LogP contribution in [0.4, 0.5) is 0 Å². The van der Waals surface area contributed by atoms with Gasteiger partial charge in [0.05, 0.1) is 6.61 Å². The minimum absolute atomic E-state index is 0.333. The van der Waals surface area contributed by atoms with Gasteiger partial charge in [0.1, 0.15) is 5.75 Å². The predicted molar refractivity (Wildman–Crippen MR) is 89.9 cm³/mol. The summed E-state index contributed by atoms with van der Waals surface area (Å²) in [5.74, 6) is 1.05. The highest BCUT2D eigenvalue weighted by Gasteiger charge is 2.17. The quantitative estimate of drug-likeness (QED) is 0.873. The summed E-state index contributed by atoms with van der Waals surface area (Å²) in [5, 5.41) is 3.60. The fourth-order valence-electron chi connectivity index (χ4n) is 2.86. The van der Waals surface area contributed by atoms with Gasteiger partial charge in [-0.25, -0.2) is 0 Å². The maximum atomic E-state index is 5.60. The van der Waals surface area contributed by atoms with E-state index >= 15 is 0 Å². The van der Waals surface area contributed by atoms with Crippen LogP contribution in [0.3, 0.4) is 0 Å². The molecule has 1 aliphatic heterocycles. The summed E-state index contributed by atoms with van der Waals surface area (Å²) in [7, 11) is 0. The molecule has 0 radical (unpaired) electrons. The van der Waals surface area contributed by atoms with Gasteiger partial charge in [-0.1, -0.05) is 53.2 Å². The summed E-state index contributed by atoms with van der Waals surface area (Å²) < 4.78 is 6.78. The predicted octanol–water partition coefficient (Wildman–Crippen LogP) is 4.28. The molecule has 0 bridgehead atoms. The van der Waals surface area contributed by atoms with E-state index in [1.54, 1.807) is 0 Å². The Morgan fingerprint density at radius 3 is 2.90 bits per heavy atom. The van der Waals surface area contributed by atoms with Crippen LogP contribution >= 0.6 is 15.9 Å². The third kappa shape index (κ3) is 3.30. The lowest BCUT2D eigenvalue weighted by Gasteiger charge is -2.20. The molecule has 0 aliphatic carbocycles. The highest BCUT2D eigenvalue weighted by atomic mass is 79.9. The first-order chi connectivity index (χ1) is 10.3. The average molecular weight is 346 g/mol. The Balaban J connectivity index is 1.86. The maximum absolute atomic E-state index is 5.60. The molecule has 2 aromatic rings. The van der Waals surface area contributed by atoms with Crippen molar-refractivity contribution in [3.05, 3.63) is 63.6 Å². The lowest BCUT2D eigenvalue weighted by Crippen LogP contribution is -2.23. The first kappa shape index (κ1) is 14.6. The number of likely N-dealkylation sites (N-methyl/N-ethyl adjacent to an activating group) is 1. The van der Waals surface area contributed by atoms with E-state index in [0.29, 0.717) is 6.04 Å². The molecule has 1 aliphatic rings. The molecule has 0 amide bonds. The number of ether oxygens (including phenoxy) is 1. The van der Waals surface area contributed by atoms with Crippen molar-refractivity contribution in [1.82, 2.24) is 5.32 Å². The fourth-order valence-corrected chi connectivity index (χ4v) is 3.31. The molecule has 0 aromatic heterocycles. The molecule has 0 spiro atoms. The van der Waals surface area contributed by atoms with E-state index in [2.05, 4.69) is 70.6 Å². The molecule has 1 atom stereocenters. The molecule has 1 heterocycles. The van der Waals surface area contributed by atoms with Crippen LogP contribution < -0.4 is 10.1 Å². The Bertz CT molecular complexity index is 626. The van der Waals surface area contributed by atoms with Crippen LogP contribution in [0, 0.1) is 0 Å². The second kappa shape index (κ2) is 6.63. The van der Waals surface area contributed by atoms with Crippen molar-refractivity contribution in [1.29, 1.82) is 0 Å². The molecule has 110 valence electrons. The second-order valence-electron chi connectivity index (χ2n) is 5.37. The monoisotopic (exact) mass is 345 g/mol. The Labute approximate surface area is 134 Å². The lowest BCUT2D eigenvalue weighted by molar-refractivity contribution is 0.356. The van der Waals surface area contributed by atoms with Gasteiger partial charge in [0.15, 0.2) is 0 Å². The molecule has 0 fully saturated rings. The van der Waals surface area contributed by atoms with Gasteiger partial charge in [-0.2, -0.15) is 0 Å². The molecular weight excluding hydrogens is 326 g/mol. The third-order valence-electron chi connectivity index (χ3n) is 3.95. The fraction of sp³-hybridized carbons (Fsp3) is 0.333. The Morgan fingerprint density at radius 2 is 2.10 bits per heavy atom. The molecule has 0 saturated carbocycles. The number of hydrogen-bond donors (Lipinski definition) is 1. The topological polar surface area (TPSA) is 21.3 Å². The largest absolute Gasteiger partial charge is 0.493 e. The van der Waals surface area contributed by atoms with Gasteiger partial charge in [-0.15, -0.1) is 0 Å². The van der Waals surface area contributed by atoms with Crippen LogP contribution in [-0.2, 0) is 12.8 Å². The highest BCUT2D eigenvalue weighted by molar-refractivity contribution is 9.10. The zero-order valence-corrected chi connectivity index (χ0v) is 13.8. The summed E-state index contributed by atoms with van der Waals surface area (Å²) in [5.41, 5.74) is 4.01. The highest BCUT2D eigenvalue weighted by Crippen LogP contribution is 2.30. The van der Waals surface area contributed by atoms with Gasteiger partial charge in [0, 0.05) is 16.9 Å². The standard InChI is InChI=1S/C18H20BrNO/c1-2-20-17(12-13-5-3-4-6-16(13)19)14-7-8-18-15(11-14)9-10-21-18/h3-8,11,17,20H,2,9-10,12H2,1H3. The van der Waals surface area contributed by atoms with E-state index in [1.165, 1.54) is 21.2 Å². The van der Waals surface area contributed by atoms with Gasteiger partial charge in [-0.05, 0) is 41.8 Å². The van der Waals surface area contributed by atoms with E-state index in [9.17, 15) is 0 Å². The summed E-state index contributed by atoms with van der Waals surface area (Å²) in [4.78, 5) is 0. The van der Waals surface area contributed by atoms with Gasteiger partial charge in [0.25, 0.3) is 0 Å². The Morgan fingerprint density at radius 1 is 1.24 bits per heavy atom. The zero-order valence-electron chi connectivity index (χ0n) is 12.2. The third-order valence-corrected chi connectivity index (χ3v) is 4.72. The summed E-state index contributed by atoms with van der Waals surface area (Å²) in [6.45, 7) is 3.93. The van der Waals surface area contributed by atoms with E-state index in [1.807, 2.05) is 0 Å². The molecule has 0 saturated heterocycles. The molecule has 3 heteroatoms. The molecule has 2 nitrogen and oxygen atoms in total. The molecular formula is C18H20BrNO. The van der Waals surface area contributed by atoms with Crippen LogP contribution in [0.15, 0.2) is 46.9 Å². The van der Waals surface area contributed by atoms with Gasteiger partial charge in [-0.3, -0.25) is 0 Å². The van der Waals surface area contributed by atoms with E-state index in [0.717, 1.165) is 31.7 Å². The normalized spacial score (nSPS) is 14.6. The van der Waals surface area contributed by atoms with E-state index in [4.69, 9.17) is 4.74 Å². The van der Waals surface area contributed by atoms with Crippen molar-refractivity contribution < 1.29 is 4.74 Å². The number of halogens is 1. The van der Waals surface area contributed by atoms with Crippen LogP contribution in [0.2, 0.25) is 0 Å². The van der Waals surface area contributed by atoms with Gasteiger partial charge < -0.3 is 10.1 Å². The molecule has 2 aromatic carbocycles. The molecule has 1 unspecified atom stereocenters. The molecule has 3 rings (SSSR count). The van der Waals surface area contributed by atoms with Crippen molar-refractivity contribution in [3.63, 3.8) is 0 Å². The van der Waals surface area contributed by atoms with Crippen molar-refractivity contribution in [2.45, 2.75) is 25.8 Å². The van der Waals surface area contributed by atoms with E-state index < -0.39 is 0 Å². The minimum Gasteiger partial charge on any atom is -0.493 e. The Hall–Kier alpha value is -1.32. The van der Waals surface area contributed by atoms with Crippen molar-refractivity contribution in [3.8, 4) is 5.75 Å². The zero-order chi connectivity index (χ0) is 14.7. The van der Waals surface area contributed by atoms with Crippen molar-refractivity contribution in [2.75, 3.05) is 13.2 Å². The summed E-state index contributed by atoms with van der Waals surface area (Å²) in [6, 6.07) is 15.4. The first-order valence-corrected chi connectivity index (χ1v) is 8.29. The van der Waals surface area contributed by atoms with Gasteiger partial charge >= 0.3 is 0 Å². The average Bonchev–Trinajstić information content (AvgIpc) is 2.96. The lowest BCUT2D eigenvalue weighted by atomic mass is 9.96. The summed E-state index contributed by atoms with van der Waals surface area (Å²) >= 11 is 3.65. The van der Waals surface area contributed by atoms with Crippen LogP contribution in [0.25, 0.3) is 0 Å². The second-order valence-corrected chi connectivity index (χ2v) is 6.23. The van der Waals surface area contributed by atoms with Gasteiger partial charge in [0.2, 0.25) is 0 Å². The minimum atomic E-state index is 0.333. The number of fused-ring (bicyclic) bond motifs is 1. The summed E-state index contributed by atoms with van der Waals surface area (Å²) in [6.07, 6.45) is 2.01. The molecule has 21 heavy (non-hydrogen) atoms. The number of hydrogen-bond acceptors (Lipinski definition) is 2. The SMILES string of the molecule is CCNC(Cc1ccccc1Br)c1ccc2c(c1)CCO2. The molecule has 1 N–H and O–H groups in total. The number of rotatable bonds is 5. The Kier molecular flexibility index (Phi) is 4.61. The van der Waals surface area contributed by atoms with Crippen molar-refractivity contribution >= 4 is 15.9 Å².